The van der Waals surface area contributed by atoms with E-state index >= 15 is 0 Å². The molecule has 1 N–H and O–H groups in total. The second-order valence-electron chi connectivity index (χ2n) is 8.26. The molecule has 0 fully saturated rings. The standard InChI is InChI=1S/C28H31NO8/c1-31-22-13-17(14-23(32-2)26(22)35-5)28(30)29-18-9-7-8-16(12-18)20-11-10-19-21(37-20)15-24(33-3)27(36-6)25(19)34-4/h7-9,12-15,20H,10-11H2,1-6H3,(H,29,30). The van der Waals surface area contributed by atoms with Crippen molar-refractivity contribution < 1.29 is 38.0 Å². The van der Waals surface area contributed by atoms with Gasteiger partial charge in [-0.25, -0.2) is 0 Å². The topological polar surface area (TPSA) is 93.7 Å². The first-order valence-corrected chi connectivity index (χ1v) is 11.7. The molecule has 1 unspecified atom stereocenters. The van der Waals surface area contributed by atoms with Gasteiger partial charge in [-0.2, -0.15) is 0 Å². The number of nitrogens with one attached hydrogen (secondary N) is 1. The highest BCUT2D eigenvalue weighted by atomic mass is 16.5. The van der Waals surface area contributed by atoms with Crippen molar-refractivity contribution in [2.45, 2.75) is 18.9 Å². The fourth-order valence-corrected chi connectivity index (χ4v) is 4.49. The van der Waals surface area contributed by atoms with Crippen LogP contribution in [0.4, 0.5) is 5.69 Å². The average molecular weight is 510 g/mol. The van der Waals surface area contributed by atoms with Gasteiger partial charge in [0.15, 0.2) is 23.0 Å². The lowest BCUT2D eigenvalue weighted by Gasteiger charge is -2.29. The number of hydrogen-bond donors (Lipinski definition) is 1. The molecule has 0 radical (unpaired) electrons. The molecule has 1 aliphatic rings. The zero-order chi connectivity index (χ0) is 26.5. The third-order valence-corrected chi connectivity index (χ3v) is 6.26. The summed E-state index contributed by atoms with van der Waals surface area (Å²) in [6, 6.07) is 12.6. The molecule has 3 aromatic carbocycles. The molecule has 0 saturated carbocycles. The van der Waals surface area contributed by atoms with Gasteiger partial charge in [0.2, 0.25) is 11.5 Å². The third-order valence-electron chi connectivity index (χ3n) is 6.26. The quantitative estimate of drug-likeness (QED) is 0.428. The van der Waals surface area contributed by atoms with E-state index in [0.717, 1.165) is 24.0 Å². The van der Waals surface area contributed by atoms with E-state index in [0.29, 0.717) is 51.5 Å². The highest BCUT2D eigenvalue weighted by Crippen LogP contribution is 2.49. The maximum atomic E-state index is 13.1. The summed E-state index contributed by atoms with van der Waals surface area (Å²) in [5.74, 6) is 3.28. The number of hydrogen-bond acceptors (Lipinski definition) is 8. The van der Waals surface area contributed by atoms with Gasteiger partial charge in [0.1, 0.15) is 11.9 Å². The van der Waals surface area contributed by atoms with E-state index < -0.39 is 0 Å². The van der Waals surface area contributed by atoms with Crippen LogP contribution in [0, 0.1) is 0 Å². The Balaban J connectivity index is 1.57. The van der Waals surface area contributed by atoms with E-state index in [-0.39, 0.29) is 12.0 Å². The van der Waals surface area contributed by atoms with Crippen molar-refractivity contribution in [3.8, 4) is 40.2 Å². The minimum Gasteiger partial charge on any atom is -0.493 e. The summed E-state index contributed by atoms with van der Waals surface area (Å²) in [5.41, 5.74) is 2.87. The maximum Gasteiger partial charge on any atom is 0.255 e. The molecular weight excluding hydrogens is 478 g/mol. The van der Waals surface area contributed by atoms with Gasteiger partial charge in [0, 0.05) is 22.9 Å². The van der Waals surface area contributed by atoms with Crippen LogP contribution in [0.1, 0.15) is 34.0 Å². The predicted octanol–water partition coefficient (Wildman–Crippen LogP) is 5.06. The molecule has 1 amide bonds. The Labute approximate surface area is 216 Å². The monoisotopic (exact) mass is 509 g/mol. The lowest BCUT2D eigenvalue weighted by molar-refractivity contribution is 0.102. The molecule has 0 aliphatic carbocycles. The Morgan fingerprint density at radius 2 is 1.41 bits per heavy atom. The highest BCUT2D eigenvalue weighted by molar-refractivity contribution is 6.05. The van der Waals surface area contributed by atoms with Crippen LogP contribution in [0.5, 0.6) is 40.2 Å². The first kappa shape index (κ1) is 25.8. The Morgan fingerprint density at radius 3 is 2.00 bits per heavy atom. The number of rotatable bonds is 9. The Kier molecular flexibility index (Phi) is 7.81. The average Bonchev–Trinajstić information content (AvgIpc) is 2.94. The minimum atomic E-state index is -0.312. The number of ether oxygens (including phenoxy) is 7. The fraction of sp³-hybridized carbons (Fsp3) is 0.321. The number of methoxy groups -OCH3 is 6. The molecule has 3 aromatic rings. The van der Waals surface area contributed by atoms with Crippen LogP contribution in [0.2, 0.25) is 0 Å². The second-order valence-corrected chi connectivity index (χ2v) is 8.26. The number of carbonyl (C=O) groups excluding carboxylic acids is 1. The van der Waals surface area contributed by atoms with Crippen molar-refractivity contribution in [3.63, 3.8) is 0 Å². The SMILES string of the molecule is COc1cc(C(=O)Nc2cccc(C3CCc4c(cc(OC)c(OC)c4OC)O3)c2)cc(OC)c1OC. The van der Waals surface area contributed by atoms with Gasteiger partial charge in [0.25, 0.3) is 5.91 Å². The zero-order valence-corrected chi connectivity index (χ0v) is 21.8. The van der Waals surface area contributed by atoms with Crippen molar-refractivity contribution in [1.29, 1.82) is 0 Å². The summed E-state index contributed by atoms with van der Waals surface area (Å²) in [7, 11) is 9.28. The second kappa shape index (κ2) is 11.2. The van der Waals surface area contributed by atoms with Gasteiger partial charge in [-0.1, -0.05) is 12.1 Å². The van der Waals surface area contributed by atoms with Crippen LogP contribution >= 0.6 is 0 Å². The number of fused-ring (bicyclic) bond motifs is 1. The molecule has 0 bridgehead atoms. The molecule has 0 spiro atoms. The summed E-state index contributed by atoms with van der Waals surface area (Å²) < 4.78 is 39.0. The van der Waals surface area contributed by atoms with Gasteiger partial charge in [0.05, 0.1) is 42.7 Å². The van der Waals surface area contributed by atoms with Gasteiger partial charge < -0.3 is 38.5 Å². The maximum absolute atomic E-state index is 13.1. The van der Waals surface area contributed by atoms with Crippen LogP contribution in [0.25, 0.3) is 0 Å². The molecule has 1 aliphatic heterocycles. The Hall–Kier alpha value is -4.27. The predicted molar refractivity (Wildman–Crippen MR) is 138 cm³/mol. The molecule has 0 saturated heterocycles. The number of carbonyl (C=O) groups is 1. The van der Waals surface area contributed by atoms with E-state index in [9.17, 15) is 4.79 Å². The summed E-state index contributed by atoms with van der Waals surface area (Å²) in [6.45, 7) is 0. The Morgan fingerprint density at radius 1 is 0.784 bits per heavy atom. The molecule has 4 rings (SSSR count). The fourth-order valence-electron chi connectivity index (χ4n) is 4.49. The van der Waals surface area contributed by atoms with E-state index in [1.54, 1.807) is 33.5 Å². The minimum absolute atomic E-state index is 0.215. The molecule has 0 aromatic heterocycles. The normalized spacial score (nSPS) is 14.1. The zero-order valence-electron chi connectivity index (χ0n) is 21.8. The van der Waals surface area contributed by atoms with Crippen molar-refractivity contribution in [2.24, 2.45) is 0 Å². The molecule has 1 atom stereocenters. The summed E-state index contributed by atoms with van der Waals surface area (Å²) in [5, 5.41) is 2.95. The molecular formula is C28H31NO8. The molecule has 37 heavy (non-hydrogen) atoms. The van der Waals surface area contributed by atoms with Crippen LogP contribution in [-0.4, -0.2) is 48.6 Å². The van der Waals surface area contributed by atoms with Gasteiger partial charge in [-0.05, 0) is 42.7 Å². The lowest BCUT2D eigenvalue weighted by Crippen LogP contribution is -2.17. The van der Waals surface area contributed by atoms with Gasteiger partial charge in [-0.15, -0.1) is 0 Å². The van der Waals surface area contributed by atoms with E-state index in [2.05, 4.69) is 5.32 Å². The molecule has 9 nitrogen and oxygen atoms in total. The van der Waals surface area contributed by atoms with E-state index in [4.69, 9.17) is 33.2 Å². The third kappa shape index (κ3) is 5.02. The first-order valence-electron chi connectivity index (χ1n) is 11.7. The number of anilines is 1. The molecule has 1 heterocycles. The van der Waals surface area contributed by atoms with Crippen LogP contribution < -0.4 is 38.5 Å². The number of benzene rings is 3. The van der Waals surface area contributed by atoms with Crippen molar-refractivity contribution in [2.75, 3.05) is 48.0 Å². The summed E-state index contributed by atoms with van der Waals surface area (Å²) in [6.07, 6.45) is 1.24. The smallest absolute Gasteiger partial charge is 0.255 e. The highest BCUT2D eigenvalue weighted by Gasteiger charge is 2.29. The van der Waals surface area contributed by atoms with Crippen LogP contribution in [-0.2, 0) is 6.42 Å². The van der Waals surface area contributed by atoms with E-state index in [1.165, 1.54) is 21.3 Å². The van der Waals surface area contributed by atoms with Crippen LogP contribution in [0.15, 0.2) is 42.5 Å². The largest absolute Gasteiger partial charge is 0.493 e. The summed E-state index contributed by atoms with van der Waals surface area (Å²) >= 11 is 0. The Bertz CT molecular complexity index is 1260. The van der Waals surface area contributed by atoms with Crippen LogP contribution in [0.3, 0.4) is 0 Å². The van der Waals surface area contributed by atoms with Gasteiger partial charge in [-0.3, -0.25) is 4.79 Å². The first-order chi connectivity index (χ1) is 18.0. The van der Waals surface area contributed by atoms with E-state index in [1.807, 2.05) is 30.3 Å². The van der Waals surface area contributed by atoms with Crippen molar-refractivity contribution in [1.82, 2.24) is 0 Å². The van der Waals surface area contributed by atoms with Crippen molar-refractivity contribution >= 4 is 11.6 Å². The number of amides is 1. The van der Waals surface area contributed by atoms with Gasteiger partial charge >= 0.3 is 0 Å². The summed E-state index contributed by atoms with van der Waals surface area (Å²) in [4.78, 5) is 13.1. The molecule has 196 valence electrons. The molecule has 9 heteroatoms. The van der Waals surface area contributed by atoms with Crippen molar-refractivity contribution in [3.05, 3.63) is 59.2 Å². The lowest BCUT2D eigenvalue weighted by atomic mass is 9.96.